The number of ether oxygens (including phenoxy) is 1. The maximum absolute atomic E-state index is 12.7. The fraction of sp³-hybridized carbons (Fsp3) is 0.0476. The smallest absolute Gasteiger partial charge is 0.262 e. The Hall–Kier alpha value is -3.83. The van der Waals surface area contributed by atoms with E-state index in [9.17, 15) is 13.2 Å². The van der Waals surface area contributed by atoms with Crippen LogP contribution in [-0.4, -0.2) is 21.4 Å². The molecule has 2 N–H and O–H groups in total. The number of para-hydroxylation sites is 2. The van der Waals surface area contributed by atoms with Gasteiger partial charge in [-0.2, -0.15) is 5.26 Å². The molecule has 0 aromatic heterocycles. The lowest BCUT2D eigenvalue weighted by molar-refractivity contribution is 0.102. The first-order chi connectivity index (χ1) is 13.9. The molecule has 0 unspecified atom stereocenters. The van der Waals surface area contributed by atoms with Crippen LogP contribution in [0.2, 0.25) is 0 Å². The quantitative estimate of drug-likeness (QED) is 0.649. The third-order valence-electron chi connectivity index (χ3n) is 4.03. The molecule has 0 aliphatic heterocycles. The summed E-state index contributed by atoms with van der Waals surface area (Å²) in [5.74, 6) is -0.0249. The molecule has 0 radical (unpaired) electrons. The summed E-state index contributed by atoms with van der Waals surface area (Å²) in [4.78, 5) is 12.4. The normalized spacial score (nSPS) is 10.6. The first-order valence-corrected chi connectivity index (χ1v) is 9.98. The fourth-order valence-corrected chi connectivity index (χ4v) is 3.69. The van der Waals surface area contributed by atoms with Gasteiger partial charge in [0.05, 0.1) is 29.3 Å². The Bertz CT molecular complexity index is 1180. The molecule has 0 aliphatic carbocycles. The van der Waals surface area contributed by atoms with E-state index in [1.165, 1.54) is 49.6 Å². The molecule has 0 saturated carbocycles. The Kier molecular flexibility index (Phi) is 5.81. The molecule has 29 heavy (non-hydrogen) atoms. The molecular formula is C21H17N3O4S. The van der Waals surface area contributed by atoms with E-state index in [2.05, 4.69) is 10.0 Å². The minimum absolute atomic E-state index is 0.0129. The summed E-state index contributed by atoms with van der Waals surface area (Å²) in [5.41, 5.74) is 1.42. The van der Waals surface area contributed by atoms with Crippen LogP contribution in [0.3, 0.4) is 0 Å². The number of hydrogen-bond donors (Lipinski definition) is 2. The Morgan fingerprint density at radius 1 is 1.00 bits per heavy atom. The van der Waals surface area contributed by atoms with Crippen LogP contribution in [0.1, 0.15) is 15.9 Å². The van der Waals surface area contributed by atoms with E-state index in [1.807, 2.05) is 6.07 Å². The van der Waals surface area contributed by atoms with Gasteiger partial charge < -0.3 is 10.1 Å². The third-order valence-corrected chi connectivity index (χ3v) is 5.39. The van der Waals surface area contributed by atoms with Crippen molar-refractivity contribution < 1.29 is 17.9 Å². The number of methoxy groups -OCH3 is 1. The minimum Gasteiger partial charge on any atom is -0.495 e. The van der Waals surface area contributed by atoms with Gasteiger partial charge in [-0.15, -0.1) is 0 Å². The van der Waals surface area contributed by atoms with Gasteiger partial charge in [-0.1, -0.05) is 18.2 Å². The van der Waals surface area contributed by atoms with E-state index in [0.717, 1.165) is 0 Å². The molecule has 7 nitrogen and oxygen atoms in total. The second-order valence-corrected chi connectivity index (χ2v) is 7.66. The minimum atomic E-state index is -3.90. The van der Waals surface area contributed by atoms with Crippen LogP contribution in [0.5, 0.6) is 5.75 Å². The maximum Gasteiger partial charge on any atom is 0.262 e. The number of amides is 1. The van der Waals surface area contributed by atoms with Crippen LogP contribution in [0.25, 0.3) is 0 Å². The highest BCUT2D eigenvalue weighted by Gasteiger charge is 2.17. The highest BCUT2D eigenvalue weighted by Crippen LogP contribution is 2.27. The molecule has 3 aromatic carbocycles. The molecule has 0 spiro atoms. The first-order valence-electron chi connectivity index (χ1n) is 8.50. The SMILES string of the molecule is COc1ccccc1NS(=O)(=O)c1cccc(NC(=O)c2ccc(C#N)cc2)c1. The zero-order chi connectivity index (χ0) is 20.9. The Balaban J connectivity index is 1.81. The number of rotatable bonds is 6. The van der Waals surface area contributed by atoms with Crippen LogP contribution in [-0.2, 0) is 10.0 Å². The largest absolute Gasteiger partial charge is 0.495 e. The van der Waals surface area contributed by atoms with Gasteiger partial charge in [-0.25, -0.2) is 8.42 Å². The second-order valence-electron chi connectivity index (χ2n) is 5.98. The Labute approximate surface area is 168 Å². The predicted molar refractivity (Wildman–Crippen MR) is 109 cm³/mol. The summed E-state index contributed by atoms with van der Waals surface area (Å²) in [7, 11) is -2.44. The standard InChI is InChI=1S/C21H17N3O4S/c1-28-20-8-3-2-7-19(20)24-29(26,27)18-6-4-5-17(13-18)23-21(25)16-11-9-15(14-22)10-12-16/h2-13,24H,1H3,(H,23,25). The summed E-state index contributed by atoms with van der Waals surface area (Å²) in [6, 6.07) is 20.7. The van der Waals surface area contributed by atoms with E-state index >= 15 is 0 Å². The van der Waals surface area contributed by atoms with Crippen LogP contribution in [0, 0.1) is 11.3 Å². The van der Waals surface area contributed by atoms with Crippen LogP contribution < -0.4 is 14.8 Å². The fourth-order valence-electron chi connectivity index (χ4n) is 2.57. The van der Waals surface area contributed by atoms with Gasteiger partial charge in [0.25, 0.3) is 15.9 Å². The number of nitriles is 1. The number of benzene rings is 3. The molecule has 8 heteroatoms. The Morgan fingerprint density at radius 2 is 1.72 bits per heavy atom. The summed E-state index contributed by atoms with van der Waals surface area (Å²) in [6.45, 7) is 0. The number of anilines is 2. The first kappa shape index (κ1) is 19.9. The van der Waals surface area contributed by atoms with E-state index < -0.39 is 15.9 Å². The number of carbonyl (C=O) groups is 1. The van der Waals surface area contributed by atoms with Crippen molar-refractivity contribution in [2.75, 3.05) is 17.1 Å². The summed E-state index contributed by atoms with van der Waals surface area (Å²) >= 11 is 0. The van der Waals surface area contributed by atoms with Crippen molar-refractivity contribution in [3.63, 3.8) is 0 Å². The second kappa shape index (κ2) is 8.46. The molecule has 0 aliphatic rings. The molecule has 0 bridgehead atoms. The highest BCUT2D eigenvalue weighted by atomic mass is 32.2. The molecule has 0 fully saturated rings. The van der Waals surface area contributed by atoms with Crippen molar-refractivity contribution in [1.82, 2.24) is 0 Å². The number of carbonyl (C=O) groups excluding carboxylic acids is 1. The maximum atomic E-state index is 12.7. The van der Waals surface area contributed by atoms with Crippen molar-refractivity contribution in [1.29, 1.82) is 5.26 Å². The zero-order valence-electron chi connectivity index (χ0n) is 15.4. The number of sulfonamides is 1. The molecule has 146 valence electrons. The van der Waals surface area contributed by atoms with Gasteiger partial charge in [-0.3, -0.25) is 9.52 Å². The van der Waals surface area contributed by atoms with E-state index in [0.29, 0.717) is 28.3 Å². The van der Waals surface area contributed by atoms with E-state index in [4.69, 9.17) is 10.00 Å². The monoisotopic (exact) mass is 407 g/mol. The van der Waals surface area contributed by atoms with Crippen LogP contribution >= 0.6 is 0 Å². The van der Waals surface area contributed by atoms with Crippen LogP contribution in [0.4, 0.5) is 11.4 Å². The lowest BCUT2D eigenvalue weighted by Gasteiger charge is -2.12. The molecule has 0 atom stereocenters. The molecule has 1 amide bonds. The molecular weight excluding hydrogens is 390 g/mol. The van der Waals surface area contributed by atoms with Crippen molar-refractivity contribution >= 4 is 27.3 Å². The van der Waals surface area contributed by atoms with Gasteiger partial charge in [0.2, 0.25) is 0 Å². The lowest BCUT2D eigenvalue weighted by atomic mass is 10.1. The zero-order valence-corrected chi connectivity index (χ0v) is 16.2. The van der Waals surface area contributed by atoms with E-state index in [1.54, 1.807) is 30.3 Å². The van der Waals surface area contributed by atoms with Crippen LogP contribution in [0.15, 0.2) is 77.7 Å². The summed E-state index contributed by atoms with van der Waals surface area (Å²) < 4.78 is 33.1. The molecule has 0 saturated heterocycles. The highest BCUT2D eigenvalue weighted by molar-refractivity contribution is 7.92. The number of nitrogens with one attached hydrogen (secondary N) is 2. The average molecular weight is 407 g/mol. The molecule has 0 heterocycles. The molecule has 3 rings (SSSR count). The van der Waals surface area contributed by atoms with Crippen molar-refractivity contribution in [2.45, 2.75) is 4.90 Å². The Morgan fingerprint density at radius 3 is 2.41 bits per heavy atom. The van der Waals surface area contributed by atoms with Crippen molar-refractivity contribution in [3.05, 3.63) is 83.9 Å². The van der Waals surface area contributed by atoms with Crippen molar-refractivity contribution in [2.24, 2.45) is 0 Å². The average Bonchev–Trinajstić information content (AvgIpc) is 2.74. The van der Waals surface area contributed by atoms with Crippen molar-refractivity contribution in [3.8, 4) is 11.8 Å². The molecule has 3 aromatic rings. The van der Waals surface area contributed by atoms with Gasteiger partial charge >= 0.3 is 0 Å². The van der Waals surface area contributed by atoms with Gasteiger partial charge in [0.1, 0.15) is 5.75 Å². The lowest BCUT2D eigenvalue weighted by Crippen LogP contribution is -2.15. The van der Waals surface area contributed by atoms with E-state index in [-0.39, 0.29) is 4.90 Å². The van der Waals surface area contributed by atoms with Gasteiger partial charge in [0, 0.05) is 11.3 Å². The third kappa shape index (κ3) is 4.72. The number of hydrogen-bond acceptors (Lipinski definition) is 5. The van der Waals surface area contributed by atoms with Gasteiger partial charge in [-0.05, 0) is 54.6 Å². The van der Waals surface area contributed by atoms with Gasteiger partial charge in [0.15, 0.2) is 0 Å². The summed E-state index contributed by atoms with van der Waals surface area (Å²) in [5, 5.41) is 11.5. The predicted octanol–water partition coefficient (Wildman–Crippen LogP) is 3.62. The summed E-state index contributed by atoms with van der Waals surface area (Å²) in [6.07, 6.45) is 0. The topological polar surface area (TPSA) is 108 Å². The number of nitrogens with zero attached hydrogens (tertiary/aromatic N) is 1.